The second-order valence-corrected chi connectivity index (χ2v) is 13.2. The van der Waals surface area contributed by atoms with Crippen LogP contribution in [0.25, 0.3) is 0 Å². The van der Waals surface area contributed by atoms with Crippen LogP contribution < -0.4 is 5.32 Å². The molecule has 4 unspecified atom stereocenters. The van der Waals surface area contributed by atoms with Gasteiger partial charge in [0, 0.05) is 34.2 Å². The number of aliphatic hydroxyl groups excluding tert-OH is 1. The summed E-state index contributed by atoms with van der Waals surface area (Å²) in [7, 11) is 0. The highest BCUT2D eigenvalue weighted by atomic mass is 32.2. The summed E-state index contributed by atoms with van der Waals surface area (Å²) < 4.78 is 18.2. The Labute approximate surface area is 292 Å². The molecule has 1 fully saturated rings. The number of nitrogens with one attached hydrogen (secondary N) is 1. The number of fused-ring (bicyclic) bond motifs is 1. The maximum absolute atomic E-state index is 12.9. The molecule has 0 radical (unpaired) electrons. The van der Waals surface area contributed by atoms with Crippen LogP contribution in [0.5, 0.6) is 5.75 Å². The predicted octanol–water partition coefficient (Wildman–Crippen LogP) is 6.86. The standard InChI is InChI=1S/C40H33NO8S/c42-22-25-8-10-27(11-9-25)36-35(26-4-2-1-3-5-26)34(23-50-31-17-15-30(43)16-18-31)47-40(48-36)28-12-6-24(7-13-28)21-41-37(44)29-14-19-32-33(20-29)39(46)49-38(32)45/h1-20,34-36,40,42-43H,21-23H2,(H,41,44). The molecule has 50 heavy (non-hydrogen) atoms. The van der Waals surface area contributed by atoms with Gasteiger partial charge in [0.05, 0.1) is 29.9 Å². The Bertz CT molecular complexity index is 2000. The molecule has 2 aliphatic rings. The Kier molecular flexibility index (Phi) is 9.77. The van der Waals surface area contributed by atoms with Crippen molar-refractivity contribution in [2.45, 2.75) is 42.5 Å². The van der Waals surface area contributed by atoms with Crippen LogP contribution in [0.3, 0.4) is 0 Å². The van der Waals surface area contributed by atoms with Crippen LogP contribution in [-0.2, 0) is 27.4 Å². The summed E-state index contributed by atoms with van der Waals surface area (Å²) in [5.74, 6) is -1.19. The molecule has 9 nitrogen and oxygen atoms in total. The van der Waals surface area contributed by atoms with Crippen LogP contribution >= 0.6 is 11.8 Å². The van der Waals surface area contributed by atoms with E-state index >= 15 is 0 Å². The van der Waals surface area contributed by atoms with E-state index in [0.717, 1.165) is 32.7 Å². The molecule has 4 atom stereocenters. The average molecular weight is 688 g/mol. The topological polar surface area (TPSA) is 131 Å². The van der Waals surface area contributed by atoms with Crippen LogP contribution in [0.15, 0.2) is 126 Å². The summed E-state index contributed by atoms with van der Waals surface area (Å²) in [6.07, 6.45) is -1.33. The van der Waals surface area contributed by atoms with Gasteiger partial charge in [-0.3, -0.25) is 4.79 Å². The summed E-state index contributed by atoms with van der Waals surface area (Å²) in [5, 5.41) is 22.3. The average Bonchev–Trinajstić information content (AvgIpc) is 3.45. The van der Waals surface area contributed by atoms with Crippen molar-refractivity contribution in [2.75, 3.05) is 5.75 Å². The Morgan fingerprint density at radius 2 is 1.40 bits per heavy atom. The Morgan fingerprint density at radius 1 is 0.720 bits per heavy atom. The molecule has 2 aliphatic heterocycles. The number of thioether (sulfide) groups is 1. The van der Waals surface area contributed by atoms with E-state index in [4.69, 9.17) is 9.47 Å². The molecule has 1 amide bonds. The summed E-state index contributed by atoms with van der Waals surface area (Å²) in [6.45, 7) is 0.176. The highest BCUT2D eigenvalue weighted by Crippen LogP contribution is 2.48. The maximum atomic E-state index is 12.9. The van der Waals surface area contributed by atoms with Crippen molar-refractivity contribution in [3.63, 3.8) is 0 Å². The number of phenolic OH excluding ortho intramolecular Hbond substituents is 1. The molecule has 252 valence electrons. The van der Waals surface area contributed by atoms with Gasteiger partial charge in [0.15, 0.2) is 6.29 Å². The lowest BCUT2D eigenvalue weighted by Crippen LogP contribution is -2.38. The lowest BCUT2D eigenvalue weighted by atomic mass is 9.84. The number of ether oxygens (including phenoxy) is 3. The third-order valence-corrected chi connectivity index (χ3v) is 9.93. The van der Waals surface area contributed by atoms with E-state index in [1.54, 1.807) is 23.9 Å². The predicted molar refractivity (Wildman–Crippen MR) is 186 cm³/mol. The summed E-state index contributed by atoms with van der Waals surface area (Å²) in [6, 6.07) is 37.0. The quantitative estimate of drug-likeness (QED) is 0.0819. The second kappa shape index (κ2) is 14.7. The largest absolute Gasteiger partial charge is 0.508 e. The number of aromatic hydroxyl groups is 1. The van der Waals surface area contributed by atoms with E-state index in [2.05, 4.69) is 22.2 Å². The molecular formula is C40H33NO8S. The van der Waals surface area contributed by atoms with Crippen molar-refractivity contribution < 1.29 is 38.8 Å². The zero-order valence-electron chi connectivity index (χ0n) is 26.7. The molecule has 5 aromatic rings. The Hall–Kier alpha value is -5.26. The minimum atomic E-state index is -0.761. The molecule has 5 aromatic carbocycles. The molecular weight excluding hydrogens is 655 g/mol. The van der Waals surface area contributed by atoms with Crippen LogP contribution in [0.4, 0.5) is 0 Å². The van der Waals surface area contributed by atoms with E-state index < -0.39 is 18.2 Å². The molecule has 7 rings (SSSR count). The Balaban J connectivity index is 1.12. The lowest BCUT2D eigenvalue weighted by molar-refractivity contribution is -0.255. The zero-order chi connectivity index (χ0) is 34.6. The first kappa shape index (κ1) is 33.2. The van der Waals surface area contributed by atoms with Crippen molar-refractivity contribution in [1.82, 2.24) is 5.32 Å². The van der Waals surface area contributed by atoms with Gasteiger partial charge in [-0.25, -0.2) is 9.59 Å². The first-order valence-corrected chi connectivity index (χ1v) is 17.1. The first-order valence-electron chi connectivity index (χ1n) is 16.1. The number of esters is 2. The van der Waals surface area contributed by atoms with E-state index in [1.165, 1.54) is 18.2 Å². The van der Waals surface area contributed by atoms with Crippen molar-refractivity contribution in [2.24, 2.45) is 0 Å². The SMILES string of the molecule is O=C(NCc1ccc(C2OC(CSc3ccc(O)cc3)C(c3ccccc3)C(c3ccc(CO)cc3)O2)cc1)c1ccc2c(c1)C(=O)OC2=O. The molecule has 0 saturated carbocycles. The molecule has 2 heterocycles. The van der Waals surface area contributed by atoms with Gasteiger partial charge in [0.25, 0.3) is 5.91 Å². The molecule has 3 N–H and O–H groups in total. The number of hydrogen-bond acceptors (Lipinski definition) is 9. The summed E-state index contributed by atoms with van der Waals surface area (Å²) in [5.41, 5.74) is 4.98. The summed E-state index contributed by atoms with van der Waals surface area (Å²) >= 11 is 1.64. The number of hydrogen-bond donors (Lipinski definition) is 3. The van der Waals surface area contributed by atoms with Gasteiger partial charge in [0.1, 0.15) is 5.75 Å². The van der Waals surface area contributed by atoms with Gasteiger partial charge in [0.2, 0.25) is 0 Å². The fraction of sp³-hybridized carbons (Fsp3) is 0.175. The van der Waals surface area contributed by atoms with E-state index in [0.29, 0.717) is 5.75 Å². The molecule has 0 bridgehead atoms. The highest BCUT2D eigenvalue weighted by molar-refractivity contribution is 7.99. The van der Waals surface area contributed by atoms with Gasteiger partial charge < -0.3 is 29.7 Å². The van der Waals surface area contributed by atoms with Crippen LogP contribution in [0.2, 0.25) is 0 Å². The third kappa shape index (κ3) is 7.19. The third-order valence-electron chi connectivity index (χ3n) is 8.83. The summed E-state index contributed by atoms with van der Waals surface area (Å²) in [4.78, 5) is 37.6. The molecule has 10 heteroatoms. The van der Waals surface area contributed by atoms with Crippen molar-refractivity contribution in [3.05, 3.63) is 166 Å². The number of phenols is 1. The molecule has 0 spiro atoms. The second-order valence-electron chi connectivity index (χ2n) is 12.1. The van der Waals surface area contributed by atoms with E-state index in [1.807, 2.05) is 78.9 Å². The molecule has 0 aliphatic carbocycles. The maximum Gasteiger partial charge on any atom is 0.346 e. The number of cyclic esters (lactones) is 2. The number of carbonyl (C=O) groups is 3. The normalized spacial score (nSPS) is 19.9. The van der Waals surface area contributed by atoms with Crippen molar-refractivity contribution in [1.29, 1.82) is 0 Å². The minimum absolute atomic E-state index is 0.0543. The minimum Gasteiger partial charge on any atom is -0.508 e. The highest BCUT2D eigenvalue weighted by Gasteiger charge is 2.42. The smallest absolute Gasteiger partial charge is 0.346 e. The monoisotopic (exact) mass is 687 g/mol. The number of benzene rings is 5. The number of aliphatic hydroxyl groups is 1. The Morgan fingerprint density at radius 3 is 2.12 bits per heavy atom. The number of amides is 1. The van der Waals surface area contributed by atoms with Gasteiger partial charge in [-0.05, 0) is 64.7 Å². The van der Waals surface area contributed by atoms with Gasteiger partial charge in [-0.2, -0.15) is 0 Å². The fourth-order valence-corrected chi connectivity index (χ4v) is 7.15. The zero-order valence-corrected chi connectivity index (χ0v) is 27.5. The fourth-order valence-electron chi connectivity index (χ4n) is 6.18. The lowest BCUT2D eigenvalue weighted by Gasteiger charge is -2.43. The van der Waals surface area contributed by atoms with E-state index in [9.17, 15) is 24.6 Å². The van der Waals surface area contributed by atoms with Gasteiger partial charge in [-0.15, -0.1) is 11.8 Å². The molecule has 1 saturated heterocycles. The molecule has 0 aromatic heterocycles. The van der Waals surface area contributed by atoms with Gasteiger partial charge in [-0.1, -0.05) is 78.9 Å². The van der Waals surface area contributed by atoms with Crippen LogP contribution in [-0.4, -0.2) is 39.9 Å². The first-order chi connectivity index (χ1) is 24.4. The van der Waals surface area contributed by atoms with Crippen molar-refractivity contribution >= 4 is 29.6 Å². The van der Waals surface area contributed by atoms with Gasteiger partial charge >= 0.3 is 11.9 Å². The number of rotatable bonds is 10. The van der Waals surface area contributed by atoms with Crippen LogP contribution in [0, 0.1) is 0 Å². The van der Waals surface area contributed by atoms with Crippen LogP contribution in [0.1, 0.15) is 77.2 Å². The van der Waals surface area contributed by atoms with Crippen molar-refractivity contribution in [3.8, 4) is 5.75 Å². The number of carbonyl (C=O) groups excluding carboxylic acids is 3. The van der Waals surface area contributed by atoms with E-state index in [-0.39, 0.29) is 59.6 Å².